The number of aromatic nitrogens is 4. The molecule has 2 aromatic heterocycles. The summed E-state index contributed by atoms with van der Waals surface area (Å²) in [5, 5.41) is 0. The molecule has 8 nitrogen and oxygen atoms in total. The summed E-state index contributed by atoms with van der Waals surface area (Å²) >= 11 is 0. The Morgan fingerprint density at radius 3 is 2.88 bits per heavy atom. The predicted octanol–water partition coefficient (Wildman–Crippen LogP) is 2.09. The molecule has 0 amide bonds. The lowest BCUT2D eigenvalue weighted by Crippen LogP contribution is -2.22. The molecule has 1 fully saturated rings. The van der Waals surface area contributed by atoms with Crippen LogP contribution in [0.5, 0.6) is 6.01 Å². The fraction of sp³-hybridized carbons (Fsp3) is 0.706. The van der Waals surface area contributed by atoms with E-state index in [0.717, 1.165) is 45.3 Å². The Balaban J connectivity index is 1.82. The van der Waals surface area contributed by atoms with Gasteiger partial charge in [-0.1, -0.05) is 13.3 Å². The molecule has 0 radical (unpaired) electrons. The van der Waals surface area contributed by atoms with Crippen molar-refractivity contribution < 1.29 is 9.47 Å². The number of hydrogen-bond donors (Lipinski definition) is 2. The molecular weight excluding hydrogens is 322 g/mol. The Morgan fingerprint density at radius 1 is 1.40 bits per heavy atom. The lowest BCUT2D eigenvalue weighted by atomic mass is 9.97. The van der Waals surface area contributed by atoms with Crippen LogP contribution in [0, 0.1) is 5.92 Å². The van der Waals surface area contributed by atoms with E-state index in [0.29, 0.717) is 23.6 Å². The number of ether oxygens (including phenoxy) is 2. The maximum absolute atomic E-state index is 12.3. The average Bonchev–Trinajstić information content (AvgIpc) is 2.90. The molecule has 0 aliphatic carbocycles. The Morgan fingerprint density at radius 2 is 2.16 bits per heavy atom. The number of fused-ring (bicyclic) bond motifs is 1. The van der Waals surface area contributed by atoms with Crippen molar-refractivity contribution in [2.45, 2.75) is 58.6 Å². The lowest BCUT2D eigenvalue weighted by molar-refractivity contribution is 0.0626. The number of anilines is 1. The topological polar surface area (TPSA) is 108 Å². The van der Waals surface area contributed by atoms with Crippen molar-refractivity contribution in [3.8, 4) is 6.01 Å². The molecule has 1 atom stereocenters. The summed E-state index contributed by atoms with van der Waals surface area (Å²) in [7, 11) is 0. The quantitative estimate of drug-likeness (QED) is 0.792. The van der Waals surface area contributed by atoms with E-state index in [1.165, 1.54) is 0 Å². The first-order chi connectivity index (χ1) is 12.1. The molecule has 25 heavy (non-hydrogen) atoms. The molecule has 0 spiro atoms. The van der Waals surface area contributed by atoms with Crippen LogP contribution in [-0.2, 0) is 11.3 Å². The van der Waals surface area contributed by atoms with Gasteiger partial charge in [-0.05, 0) is 38.5 Å². The highest BCUT2D eigenvalue weighted by Crippen LogP contribution is 2.22. The minimum absolute atomic E-state index is 0.00297. The molecule has 1 saturated heterocycles. The second-order valence-corrected chi connectivity index (χ2v) is 6.73. The fourth-order valence-electron chi connectivity index (χ4n) is 3.28. The van der Waals surface area contributed by atoms with E-state index in [2.05, 4.69) is 21.9 Å². The van der Waals surface area contributed by atoms with Gasteiger partial charge in [-0.25, -0.2) is 4.79 Å². The number of nitrogen functional groups attached to an aromatic ring is 1. The minimum atomic E-state index is -0.207. The van der Waals surface area contributed by atoms with E-state index in [-0.39, 0.29) is 23.6 Å². The zero-order valence-corrected chi connectivity index (χ0v) is 15.0. The number of H-pyrrole nitrogens is 1. The predicted molar refractivity (Wildman–Crippen MR) is 95.7 cm³/mol. The number of aryl methyl sites for hydroxylation is 1. The number of aromatic amines is 1. The average molecular weight is 349 g/mol. The maximum atomic E-state index is 12.3. The number of nitrogens with two attached hydrogens (primary N) is 1. The normalized spacial score (nSPS) is 17.0. The molecule has 0 unspecified atom stereocenters. The van der Waals surface area contributed by atoms with Crippen LogP contribution in [-0.4, -0.2) is 38.8 Å². The summed E-state index contributed by atoms with van der Waals surface area (Å²) in [6, 6.07) is 0.227. The van der Waals surface area contributed by atoms with Crippen LogP contribution in [0.25, 0.3) is 11.2 Å². The van der Waals surface area contributed by atoms with Gasteiger partial charge in [0, 0.05) is 19.8 Å². The Labute approximate surface area is 146 Å². The van der Waals surface area contributed by atoms with Crippen LogP contribution in [0.3, 0.4) is 0 Å². The molecular formula is C17H27N5O3. The zero-order chi connectivity index (χ0) is 17.8. The SMILES string of the molecule is CCC[C@@H](C)Oc1nc(N)c2[nH]c(=O)n(CCC3CCOCC3)c2n1. The second kappa shape index (κ2) is 7.86. The third-order valence-corrected chi connectivity index (χ3v) is 4.73. The highest BCUT2D eigenvalue weighted by molar-refractivity contribution is 5.81. The second-order valence-electron chi connectivity index (χ2n) is 6.73. The number of hydrogen-bond acceptors (Lipinski definition) is 6. The Hall–Kier alpha value is -2.09. The summed E-state index contributed by atoms with van der Waals surface area (Å²) in [6.07, 6.45) is 4.92. The van der Waals surface area contributed by atoms with E-state index >= 15 is 0 Å². The number of imidazole rings is 1. The number of rotatable bonds is 7. The molecule has 0 bridgehead atoms. The van der Waals surface area contributed by atoms with Crippen molar-refractivity contribution in [3.05, 3.63) is 10.5 Å². The van der Waals surface area contributed by atoms with E-state index in [4.69, 9.17) is 15.2 Å². The van der Waals surface area contributed by atoms with E-state index in [1.807, 2.05) is 6.92 Å². The molecule has 1 aliphatic heterocycles. The van der Waals surface area contributed by atoms with Crippen molar-refractivity contribution in [3.63, 3.8) is 0 Å². The lowest BCUT2D eigenvalue weighted by Gasteiger charge is -2.21. The van der Waals surface area contributed by atoms with Crippen LogP contribution in [0.15, 0.2) is 4.79 Å². The summed E-state index contributed by atoms with van der Waals surface area (Å²) < 4.78 is 12.8. The van der Waals surface area contributed by atoms with Crippen LogP contribution in [0.4, 0.5) is 5.82 Å². The Bertz CT molecular complexity index is 763. The minimum Gasteiger partial charge on any atom is -0.460 e. The van der Waals surface area contributed by atoms with Crippen molar-refractivity contribution in [1.82, 2.24) is 19.5 Å². The van der Waals surface area contributed by atoms with Gasteiger partial charge in [0.05, 0.1) is 6.10 Å². The smallest absolute Gasteiger partial charge is 0.327 e. The summed E-state index contributed by atoms with van der Waals surface area (Å²) in [5.41, 5.74) is 6.79. The van der Waals surface area contributed by atoms with Crippen molar-refractivity contribution in [2.24, 2.45) is 5.92 Å². The summed E-state index contributed by atoms with van der Waals surface area (Å²) in [4.78, 5) is 23.7. The monoisotopic (exact) mass is 349 g/mol. The molecule has 1 aliphatic rings. The number of nitrogens with one attached hydrogen (secondary N) is 1. The van der Waals surface area contributed by atoms with Gasteiger partial charge in [-0.15, -0.1) is 0 Å². The largest absolute Gasteiger partial charge is 0.460 e. The maximum Gasteiger partial charge on any atom is 0.327 e. The number of nitrogens with zero attached hydrogens (tertiary/aromatic N) is 3. The van der Waals surface area contributed by atoms with Gasteiger partial charge in [-0.2, -0.15) is 9.97 Å². The fourth-order valence-corrected chi connectivity index (χ4v) is 3.28. The zero-order valence-electron chi connectivity index (χ0n) is 15.0. The highest BCUT2D eigenvalue weighted by atomic mass is 16.5. The molecule has 0 saturated carbocycles. The molecule has 2 aromatic rings. The summed E-state index contributed by atoms with van der Waals surface area (Å²) in [6.45, 7) is 6.27. The van der Waals surface area contributed by atoms with E-state index < -0.39 is 0 Å². The standard InChI is InChI=1S/C17H27N5O3/c1-3-4-11(2)25-16-20-14(18)13-15(21-16)22(17(23)19-13)8-5-12-6-9-24-10-7-12/h11-12H,3-10H2,1-2H3,(H,19,23)(H2,18,20,21)/t11-/m1/s1. The third-order valence-electron chi connectivity index (χ3n) is 4.73. The van der Waals surface area contributed by atoms with E-state index in [1.54, 1.807) is 4.57 Å². The summed E-state index contributed by atoms with van der Waals surface area (Å²) in [5.74, 6) is 0.815. The van der Waals surface area contributed by atoms with Gasteiger partial charge in [0.25, 0.3) is 0 Å². The molecule has 8 heteroatoms. The van der Waals surface area contributed by atoms with Crippen molar-refractivity contribution >= 4 is 17.0 Å². The van der Waals surface area contributed by atoms with Gasteiger partial charge in [0.1, 0.15) is 5.52 Å². The van der Waals surface area contributed by atoms with Gasteiger partial charge in [0.15, 0.2) is 11.5 Å². The van der Waals surface area contributed by atoms with Crippen molar-refractivity contribution in [2.75, 3.05) is 18.9 Å². The highest BCUT2D eigenvalue weighted by Gasteiger charge is 2.18. The molecule has 3 N–H and O–H groups in total. The van der Waals surface area contributed by atoms with Gasteiger partial charge < -0.3 is 20.2 Å². The van der Waals surface area contributed by atoms with Crippen LogP contribution in [0.2, 0.25) is 0 Å². The van der Waals surface area contributed by atoms with Crippen molar-refractivity contribution in [1.29, 1.82) is 0 Å². The van der Waals surface area contributed by atoms with Gasteiger partial charge in [-0.3, -0.25) is 4.57 Å². The van der Waals surface area contributed by atoms with Crippen LogP contribution in [0.1, 0.15) is 46.0 Å². The molecule has 3 heterocycles. The van der Waals surface area contributed by atoms with Gasteiger partial charge in [0.2, 0.25) is 0 Å². The first-order valence-corrected chi connectivity index (χ1v) is 9.09. The van der Waals surface area contributed by atoms with Crippen LogP contribution >= 0.6 is 0 Å². The molecule has 3 rings (SSSR count). The molecule has 0 aromatic carbocycles. The third kappa shape index (κ3) is 4.12. The van der Waals surface area contributed by atoms with Crippen LogP contribution < -0.4 is 16.2 Å². The molecule has 138 valence electrons. The first-order valence-electron chi connectivity index (χ1n) is 9.09. The van der Waals surface area contributed by atoms with E-state index in [9.17, 15) is 4.79 Å². The Kier molecular flexibility index (Phi) is 5.57. The first kappa shape index (κ1) is 17.7. The van der Waals surface area contributed by atoms with Gasteiger partial charge >= 0.3 is 11.7 Å².